The third kappa shape index (κ3) is 23.3. The Hall–Kier alpha value is 0.334. The van der Waals surface area contributed by atoms with Gasteiger partial charge in [-0.2, -0.15) is 0 Å². The van der Waals surface area contributed by atoms with Crippen molar-refractivity contribution in [2.24, 2.45) is 0 Å². The standard InChI is InChI=1S/C10H15.C3F7.C3H9P.BF4.Ir.H2O/c1-6-7(2)9(4)10(5)8(6)3;4-1(2(5,6)7)3(8,9)10;1-4(2)3;2-1(3,4)5;;/h1-5H3;;1-3H3;;;1H2/q;-1;;-1;+3;. The van der Waals surface area contributed by atoms with Crippen molar-refractivity contribution < 1.29 is 73.6 Å². The van der Waals surface area contributed by atoms with Crippen LogP contribution < -0.4 is 0 Å². The van der Waals surface area contributed by atoms with Gasteiger partial charge in [-0.1, -0.05) is 34.6 Å². The van der Waals surface area contributed by atoms with Crippen molar-refractivity contribution in [1.29, 1.82) is 0 Å². The van der Waals surface area contributed by atoms with Gasteiger partial charge in [0.05, 0.1) is 0 Å². The minimum atomic E-state index is -6.00. The molecule has 189 valence electrons. The summed E-state index contributed by atoms with van der Waals surface area (Å²) in [5, 5.41) is 0. The molecule has 0 heterocycles. The van der Waals surface area contributed by atoms with E-state index >= 15 is 0 Å². The van der Waals surface area contributed by atoms with Gasteiger partial charge >= 0.3 is 39.7 Å². The van der Waals surface area contributed by atoms with Gasteiger partial charge < -0.3 is 27.1 Å². The maximum absolute atomic E-state index is 11.1. The summed E-state index contributed by atoms with van der Waals surface area (Å²) in [5.74, 6) is 7.34. The molecule has 1 fully saturated rings. The molecule has 0 atom stereocenters. The molecule has 0 aromatic carbocycles. The first kappa shape index (κ1) is 41.6. The summed E-state index contributed by atoms with van der Waals surface area (Å²) < 4.78 is 115. The van der Waals surface area contributed by atoms with Gasteiger partial charge in [-0.15, -0.1) is 7.92 Å². The fourth-order valence-corrected chi connectivity index (χ4v) is 1.57. The smallest absolute Gasteiger partial charge is 0.438 e. The predicted molar refractivity (Wildman–Crippen MR) is 99.5 cm³/mol. The van der Waals surface area contributed by atoms with E-state index in [1.165, 1.54) is 29.6 Å². The van der Waals surface area contributed by atoms with E-state index in [1.54, 1.807) is 0 Å². The molecule has 0 spiro atoms. The summed E-state index contributed by atoms with van der Waals surface area (Å²) in [6.45, 7) is 17.7. The first-order valence-electron chi connectivity index (χ1n) is 7.79. The van der Waals surface area contributed by atoms with Gasteiger partial charge in [-0.05, 0) is 49.6 Å². The number of hydrogen-bond acceptors (Lipinski definition) is 0. The molecule has 0 aliphatic heterocycles. The van der Waals surface area contributed by atoms with Gasteiger partial charge in [0.2, 0.25) is 0 Å². The van der Waals surface area contributed by atoms with E-state index in [-0.39, 0.29) is 25.6 Å². The van der Waals surface area contributed by atoms with Crippen molar-refractivity contribution in [3.8, 4) is 0 Å². The molecule has 0 aromatic heterocycles. The molecule has 1 saturated carbocycles. The van der Waals surface area contributed by atoms with Crippen LogP contribution in [0.3, 0.4) is 0 Å². The average Bonchev–Trinajstić information content (AvgIpc) is 2.61. The molecule has 2 N–H and O–H groups in total. The van der Waals surface area contributed by atoms with Gasteiger partial charge in [-0.3, -0.25) is 0 Å². The molecule has 31 heavy (non-hydrogen) atoms. The van der Waals surface area contributed by atoms with Crippen LogP contribution in [0, 0.1) is 35.8 Å². The third-order valence-corrected chi connectivity index (χ3v) is 3.31. The molecule has 1 aliphatic carbocycles. The van der Waals surface area contributed by atoms with E-state index in [0.717, 1.165) is 0 Å². The largest absolute Gasteiger partial charge is 3.00 e. The van der Waals surface area contributed by atoms with Gasteiger partial charge in [-0.25, -0.2) is 26.3 Å². The zero-order chi connectivity index (χ0) is 24.5. The zero-order valence-corrected chi connectivity index (χ0v) is 21.3. The van der Waals surface area contributed by atoms with Crippen LogP contribution in [0.2, 0.25) is 0 Å². The van der Waals surface area contributed by atoms with Crippen LogP contribution in [0.25, 0.3) is 0 Å². The maximum atomic E-state index is 11.1. The van der Waals surface area contributed by atoms with E-state index in [1.807, 2.05) is 0 Å². The van der Waals surface area contributed by atoms with E-state index in [2.05, 4.69) is 54.6 Å². The predicted octanol–water partition coefficient (Wildman–Crippen LogP) is 7.41. The Kier molecular flexibility index (Phi) is 22.6. The average molecular weight is 677 g/mol. The van der Waals surface area contributed by atoms with E-state index in [4.69, 9.17) is 0 Å². The van der Waals surface area contributed by atoms with Crippen molar-refractivity contribution >= 4 is 15.2 Å². The molecular weight excluding hydrogens is 651 g/mol. The summed E-state index contributed by atoms with van der Waals surface area (Å²) >= 11 is 0. The van der Waals surface area contributed by atoms with E-state index in [9.17, 15) is 48.0 Å². The SMILES string of the molecule is CP(C)C.C[C]1[C](C)[C](C)[C](C)[C]1C.F[B-](F)(F)F.F[C-](C(F)(F)F)C(F)(F)F.O.[Ir+3]. The topological polar surface area (TPSA) is 31.5 Å². The maximum Gasteiger partial charge on any atom is 3.00 e. The Labute approximate surface area is 191 Å². The molecule has 0 amide bonds. The number of hydrogen-bond donors (Lipinski definition) is 0. The van der Waals surface area contributed by atoms with Crippen LogP contribution in [0.5, 0.6) is 0 Å². The van der Waals surface area contributed by atoms with Crippen LogP contribution >= 0.6 is 7.92 Å². The molecule has 15 heteroatoms. The van der Waals surface area contributed by atoms with Crippen molar-refractivity contribution in [3.63, 3.8) is 0 Å². The first-order valence-corrected chi connectivity index (χ1v) is 10.5. The molecule has 1 rings (SSSR count). The van der Waals surface area contributed by atoms with Crippen molar-refractivity contribution in [2.75, 3.05) is 20.0 Å². The van der Waals surface area contributed by atoms with E-state index < -0.39 is 25.8 Å². The summed E-state index contributed by atoms with van der Waals surface area (Å²) in [6.07, 6.45) is -15.8. The Balaban J connectivity index is -0.000000101. The second kappa shape index (κ2) is 16.9. The van der Waals surface area contributed by atoms with Crippen molar-refractivity contribution in [2.45, 2.75) is 47.0 Å². The van der Waals surface area contributed by atoms with Gasteiger partial charge in [0.25, 0.3) is 0 Å². The zero-order valence-electron chi connectivity index (χ0n) is 18.0. The number of halogens is 11. The molecule has 0 bridgehead atoms. The van der Waals surface area contributed by atoms with E-state index in [0.29, 0.717) is 7.92 Å². The Bertz CT molecular complexity index is 366. The molecule has 1 nitrogen and oxygen atoms in total. The Morgan fingerprint density at radius 2 is 0.710 bits per heavy atom. The quantitative estimate of drug-likeness (QED) is 0.111. The fraction of sp³-hybridized carbons (Fsp3) is 0.625. The van der Waals surface area contributed by atoms with Gasteiger partial charge in [0.1, 0.15) is 0 Å². The summed E-state index contributed by atoms with van der Waals surface area (Å²) in [6, 6.07) is 0. The van der Waals surface area contributed by atoms with Crippen LogP contribution in [0.15, 0.2) is 0 Å². The molecule has 0 saturated heterocycles. The number of rotatable bonds is 0. The Morgan fingerprint density at radius 1 is 0.613 bits per heavy atom. The van der Waals surface area contributed by atoms with Gasteiger partial charge in [0, 0.05) is 6.17 Å². The van der Waals surface area contributed by atoms with Crippen LogP contribution in [0.4, 0.5) is 48.0 Å². The Morgan fingerprint density at radius 3 is 0.742 bits per heavy atom. The summed E-state index contributed by atoms with van der Waals surface area (Å²) in [7, 11) is -5.62. The van der Waals surface area contributed by atoms with Crippen LogP contribution in [0.1, 0.15) is 34.6 Å². The fourth-order valence-electron chi connectivity index (χ4n) is 1.57. The normalized spacial score (nSPS) is 16.9. The van der Waals surface area contributed by atoms with Crippen molar-refractivity contribution in [1.82, 2.24) is 0 Å². The van der Waals surface area contributed by atoms with Crippen molar-refractivity contribution in [3.05, 3.63) is 35.8 Å². The number of alkyl halides is 6. The monoisotopic (exact) mass is 678 g/mol. The molecule has 0 aromatic rings. The minimum Gasteiger partial charge on any atom is -0.438 e. The third-order valence-electron chi connectivity index (χ3n) is 3.31. The first-order chi connectivity index (χ1) is 12.4. The second-order valence-electron chi connectivity index (χ2n) is 6.27. The summed E-state index contributed by atoms with van der Waals surface area (Å²) in [5.41, 5.74) is 0. The van der Waals surface area contributed by atoms with Gasteiger partial charge in [0.15, 0.2) is 0 Å². The molecule has 5 radical (unpaired) electrons. The molecular formula is C16H26BF11IrOP+. The summed E-state index contributed by atoms with van der Waals surface area (Å²) in [4.78, 5) is 0. The van der Waals surface area contributed by atoms with Crippen LogP contribution in [-0.2, 0) is 20.1 Å². The molecule has 0 unspecified atom stereocenters. The minimum absolute atomic E-state index is 0. The second-order valence-corrected chi connectivity index (χ2v) is 8.95. The van der Waals surface area contributed by atoms with Crippen LogP contribution in [-0.4, -0.2) is 45.1 Å². The molecule has 1 aliphatic rings.